The Morgan fingerprint density at radius 2 is 2.27 bits per heavy atom. The summed E-state index contributed by atoms with van der Waals surface area (Å²) < 4.78 is 1.78. The number of benzene rings is 1. The van der Waals surface area contributed by atoms with Crippen LogP contribution in [0.25, 0.3) is 10.9 Å². The van der Waals surface area contributed by atoms with E-state index in [1.54, 1.807) is 10.9 Å². The quantitative estimate of drug-likeness (QED) is 0.788. The SMILES string of the molecule is Cn1cc([C@@H]2CCCN2C(=O)c2cccc3[nH]ncc23)cn1. The Morgan fingerprint density at radius 1 is 1.36 bits per heavy atom. The molecular formula is C16H17N5O. The van der Waals surface area contributed by atoms with Crippen LogP contribution in [0.2, 0.25) is 0 Å². The minimum absolute atomic E-state index is 0.0679. The van der Waals surface area contributed by atoms with Crippen molar-refractivity contribution < 1.29 is 4.79 Å². The van der Waals surface area contributed by atoms with Gasteiger partial charge in [0.2, 0.25) is 0 Å². The van der Waals surface area contributed by atoms with Crippen LogP contribution in [-0.2, 0) is 7.05 Å². The van der Waals surface area contributed by atoms with Crippen molar-refractivity contribution in [2.45, 2.75) is 18.9 Å². The number of fused-ring (bicyclic) bond motifs is 1. The summed E-state index contributed by atoms with van der Waals surface area (Å²) in [5, 5.41) is 12.1. The number of amides is 1. The normalized spacial score (nSPS) is 18.2. The average Bonchev–Trinajstić information content (AvgIpc) is 3.25. The maximum absolute atomic E-state index is 13.0. The molecule has 22 heavy (non-hydrogen) atoms. The van der Waals surface area contributed by atoms with Crippen LogP contribution in [0.4, 0.5) is 0 Å². The first kappa shape index (κ1) is 13.1. The molecule has 3 aromatic rings. The van der Waals surface area contributed by atoms with E-state index < -0.39 is 0 Å². The van der Waals surface area contributed by atoms with Crippen LogP contribution in [-0.4, -0.2) is 37.3 Å². The summed E-state index contributed by atoms with van der Waals surface area (Å²) in [5.74, 6) is 0.0679. The summed E-state index contributed by atoms with van der Waals surface area (Å²) in [6.45, 7) is 0.784. The van der Waals surface area contributed by atoms with Crippen molar-refractivity contribution >= 4 is 16.8 Å². The lowest BCUT2D eigenvalue weighted by molar-refractivity contribution is 0.0737. The molecule has 1 fully saturated rings. The molecule has 3 heterocycles. The molecule has 1 aliphatic rings. The Kier molecular flexibility index (Phi) is 2.96. The van der Waals surface area contributed by atoms with Crippen LogP contribution in [0.1, 0.15) is 34.8 Å². The number of aryl methyl sites for hydroxylation is 1. The van der Waals surface area contributed by atoms with Gasteiger partial charge in [-0.3, -0.25) is 14.6 Å². The molecule has 1 N–H and O–H groups in total. The Balaban J connectivity index is 1.71. The van der Waals surface area contributed by atoms with Gasteiger partial charge in [0.25, 0.3) is 5.91 Å². The maximum atomic E-state index is 13.0. The fraction of sp³-hybridized carbons (Fsp3) is 0.312. The van der Waals surface area contributed by atoms with Gasteiger partial charge in [0.1, 0.15) is 0 Å². The van der Waals surface area contributed by atoms with Crippen molar-refractivity contribution in [3.8, 4) is 0 Å². The highest BCUT2D eigenvalue weighted by Crippen LogP contribution is 2.33. The summed E-state index contributed by atoms with van der Waals surface area (Å²) in [6, 6.07) is 5.81. The van der Waals surface area contributed by atoms with Gasteiger partial charge in [0.15, 0.2) is 0 Å². The molecule has 0 radical (unpaired) electrons. The summed E-state index contributed by atoms with van der Waals surface area (Å²) in [7, 11) is 1.90. The molecule has 0 saturated carbocycles. The lowest BCUT2D eigenvalue weighted by atomic mass is 10.1. The first-order valence-corrected chi connectivity index (χ1v) is 7.45. The van der Waals surface area contributed by atoms with Crippen LogP contribution in [0.15, 0.2) is 36.8 Å². The monoisotopic (exact) mass is 295 g/mol. The zero-order valence-electron chi connectivity index (χ0n) is 12.4. The Morgan fingerprint density at radius 3 is 3.09 bits per heavy atom. The van der Waals surface area contributed by atoms with Gasteiger partial charge in [-0.15, -0.1) is 0 Å². The summed E-state index contributed by atoms with van der Waals surface area (Å²) >= 11 is 0. The van der Waals surface area contributed by atoms with Crippen molar-refractivity contribution in [2.75, 3.05) is 6.54 Å². The van der Waals surface area contributed by atoms with Crippen molar-refractivity contribution in [3.63, 3.8) is 0 Å². The van der Waals surface area contributed by atoms with Gasteiger partial charge < -0.3 is 4.90 Å². The van der Waals surface area contributed by atoms with E-state index in [4.69, 9.17) is 0 Å². The molecule has 1 saturated heterocycles. The Labute approximate surface area is 127 Å². The first-order valence-electron chi connectivity index (χ1n) is 7.45. The number of nitrogens with zero attached hydrogens (tertiary/aromatic N) is 4. The number of hydrogen-bond donors (Lipinski definition) is 1. The smallest absolute Gasteiger partial charge is 0.255 e. The van der Waals surface area contributed by atoms with Gasteiger partial charge >= 0.3 is 0 Å². The molecule has 0 bridgehead atoms. The molecule has 1 aliphatic heterocycles. The molecule has 6 heteroatoms. The number of H-pyrrole nitrogens is 1. The van der Waals surface area contributed by atoms with E-state index in [9.17, 15) is 4.79 Å². The van der Waals surface area contributed by atoms with Gasteiger partial charge in [-0.05, 0) is 25.0 Å². The highest BCUT2D eigenvalue weighted by atomic mass is 16.2. The molecule has 6 nitrogen and oxygen atoms in total. The van der Waals surface area contributed by atoms with Crippen molar-refractivity contribution in [2.24, 2.45) is 7.05 Å². The summed E-state index contributed by atoms with van der Waals surface area (Å²) in [5.41, 5.74) is 2.71. The third-order valence-electron chi connectivity index (χ3n) is 4.34. The summed E-state index contributed by atoms with van der Waals surface area (Å²) in [6.07, 6.45) is 7.58. The zero-order chi connectivity index (χ0) is 15.1. The van der Waals surface area contributed by atoms with Gasteiger partial charge in [-0.1, -0.05) is 6.07 Å². The van der Waals surface area contributed by atoms with E-state index in [0.717, 1.165) is 35.9 Å². The molecule has 4 rings (SSSR count). The van der Waals surface area contributed by atoms with Crippen LogP contribution in [0.5, 0.6) is 0 Å². The van der Waals surface area contributed by atoms with Gasteiger partial charge in [-0.2, -0.15) is 10.2 Å². The second kappa shape index (κ2) is 4.98. The Hall–Kier alpha value is -2.63. The molecular weight excluding hydrogens is 278 g/mol. The minimum atomic E-state index is 0.0679. The van der Waals surface area contributed by atoms with Gasteiger partial charge in [0.05, 0.1) is 29.5 Å². The van der Waals surface area contributed by atoms with Gasteiger partial charge in [-0.25, -0.2) is 0 Å². The van der Waals surface area contributed by atoms with Crippen LogP contribution < -0.4 is 0 Å². The molecule has 1 atom stereocenters. The number of carbonyl (C=O) groups excluding carboxylic acids is 1. The van der Waals surface area contributed by atoms with E-state index in [1.165, 1.54) is 0 Å². The van der Waals surface area contributed by atoms with Crippen LogP contribution in [0.3, 0.4) is 0 Å². The first-order chi connectivity index (χ1) is 10.7. The predicted molar refractivity (Wildman–Crippen MR) is 82.3 cm³/mol. The second-order valence-electron chi connectivity index (χ2n) is 5.74. The fourth-order valence-corrected chi connectivity index (χ4v) is 3.28. The Bertz CT molecular complexity index is 834. The lowest BCUT2D eigenvalue weighted by Crippen LogP contribution is -2.30. The number of carbonyl (C=O) groups is 1. The predicted octanol–water partition coefficient (Wildman–Crippen LogP) is 2.27. The number of aromatic nitrogens is 4. The maximum Gasteiger partial charge on any atom is 0.255 e. The second-order valence-corrected chi connectivity index (χ2v) is 5.74. The molecule has 2 aromatic heterocycles. The van der Waals surface area contributed by atoms with Crippen molar-refractivity contribution in [3.05, 3.63) is 47.9 Å². The third kappa shape index (κ3) is 1.99. The number of rotatable bonds is 2. The third-order valence-corrected chi connectivity index (χ3v) is 4.34. The van der Waals surface area contributed by atoms with E-state index in [1.807, 2.05) is 42.5 Å². The van der Waals surface area contributed by atoms with E-state index in [2.05, 4.69) is 15.3 Å². The van der Waals surface area contributed by atoms with Crippen LogP contribution in [0, 0.1) is 0 Å². The molecule has 0 unspecified atom stereocenters. The molecule has 0 spiro atoms. The van der Waals surface area contributed by atoms with E-state index >= 15 is 0 Å². The molecule has 112 valence electrons. The lowest BCUT2D eigenvalue weighted by Gasteiger charge is -2.24. The van der Waals surface area contributed by atoms with Crippen molar-refractivity contribution in [1.29, 1.82) is 0 Å². The molecule has 0 aliphatic carbocycles. The van der Waals surface area contributed by atoms with Gasteiger partial charge in [0, 0.05) is 30.7 Å². The van der Waals surface area contributed by atoms with Crippen LogP contribution >= 0.6 is 0 Å². The van der Waals surface area contributed by atoms with E-state index in [0.29, 0.717) is 5.56 Å². The number of aromatic amines is 1. The highest BCUT2D eigenvalue weighted by molar-refractivity contribution is 6.06. The summed E-state index contributed by atoms with van der Waals surface area (Å²) in [4.78, 5) is 15.0. The topological polar surface area (TPSA) is 66.8 Å². The number of nitrogens with one attached hydrogen (secondary N) is 1. The number of hydrogen-bond acceptors (Lipinski definition) is 3. The molecule has 1 amide bonds. The zero-order valence-corrected chi connectivity index (χ0v) is 12.4. The average molecular weight is 295 g/mol. The van der Waals surface area contributed by atoms with Crippen molar-refractivity contribution in [1.82, 2.24) is 24.9 Å². The van der Waals surface area contributed by atoms with E-state index in [-0.39, 0.29) is 11.9 Å². The minimum Gasteiger partial charge on any atom is -0.331 e. The fourth-order valence-electron chi connectivity index (χ4n) is 3.28. The largest absolute Gasteiger partial charge is 0.331 e. The highest BCUT2D eigenvalue weighted by Gasteiger charge is 2.32. The number of likely N-dealkylation sites (tertiary alicyclic amines) is 1. The standard InChI is InChI=1S/C16H17N5O/c1-20-10-11(8-18-20)15-6-3-7-21(15)16(22)12-4-2-5-14-13(12)9-17-19-14/h2,4-5,8-10,15H,3,6-7H2,1H3,(H,17,19)/t15-/m0/s1. The molecule has 1 aromatic carbocycles.